The number of aromatic nitrogens is 2. The van der Waals surface area contributed by atoms with Gasteiger partial charge in [0.1, 0.15) is 6.61 Å². The van der Waals surface area contributed by atoms with Crippen molar-refractivity contribution in [3.8, 4) is 5.88 Å². The zero-order valence-corrected chi connectivity index (χ0v) is 14.7. The SMILES string of the molecule is O=CN(OCc1ccccc1)C(Cc1ccccc1)Cn1cc(O)[nH]c1=O. The highest BCUT2D eigenvalue weighted by Crippen LogP contribution is 2.13. The van der Waals surface area contributed by atoms with E-state index < -0.39 is 11.7 Å². The molecule has 0 bridgehead atoms. The smallest absolute Gasteiger partial charge is 0.328 e. The van der Waals surface area contributed by atoms with E-state index in [9.17, 15) is 14.7 Å². The van der Waals surface area contributed by atoms with Crippen LogP contribution in [0.25, 0.3) is 0 Å². The maximum Gasteiger partial charge on any atom is 0.328 e. The lowest BCUT2D eigenvalue weighted by molar-refractivity contribution is -0.194. The van der Waals surface area contributed by atoms with E-state index in [2.05, 4.69) is 4.98 Å². The van der Waals surface area contributed by atoms with Crippen LogP contribution in [-0.4, -0.2) is 32.2 Å². The predicted octanol–water partition coefficient (Wildman–Crippen LogP) is 2.08. The lowest BCUT2D eigenvalue weighted by atomic mass is 10.1. The maximum absolute atomic E-state index is 11.9. The number of hydroxylamine groups is 2. The Labute approximate surface area is 156 Å². The van der Waals surface area contributed by atoms with E-state index in [-0.39, 0.29) is 19.0 Å². The number of benzene rings is 2. The molecular formula is C20H21N3O4. The first-order chi connectivity index (χ1) is 13.2. The molecule has 7 heteroatoms. The highest BCUT2D eigenvalue weighted by atomic mass is 16.7. The molecule has 1 heterocycles. The monoisotopic (exact) mass is 367 g/mol. The number of H-pyrrole nitrogens is 1. The van der Waals surface area contributed by atoms with Crippen molar-refractivity contribution in [2.75, 3.05) is 0 Å². The molecule has 3 aromatic rings. The van der Waals surface area contributed by atoms with Crippen molar-refractivity contribution in [2.45, 2.75) is 25.6 Å². The van der Waals surface area contributed by atoms with Crippen molar-refractivity contribution in [1.82, 2.24) is 14.6 Å². The molecule has 0 aliphatic carbocycles. The third-order valence-electron chi connectivity index (χ3n) is 4.18. The number of nitrogens with one attached hydrogen (secondary N) is 1. The van der Waals surface area contributed by atoms with Gasteiger partial charge in [0.2, 0.25) is 12.3 Å². The van der Waals surface area contributed by atoms with Crippen molar-refractivity contribution in [1.29, 1.82) is 0 Å². The second-order valence-corrected chi connectivity index (χ2v) is 6.16. The molecule has 0 aliphatic heterocycles. The Hall–Kier alpha value is -3.32. The minimum absolute atomic E-state index is 0.179. The Balaban J connectivity index is 1.78. The Morgan fingerprint density at radius 1 is 1.07 bits per heavy atom. The summed E-state index contributed by atoms with van der Waals surface area (Å²) in [4.78, 5) is 31.6. The van der Waals surface area contributed by atoms with Gasteiger partial charge in [-0.2, -0.15) is 0 Å². The number of amides is 1. The molecule has 0 aliphatic rings. The molecule has 1 aromatic heterocycles. The summed E-state index contributed by atoms with van der Waals surface area (Å²) >= 11 is 0. The van der Waals surface area contributed by atoms with E-state index >= 15 is 0 Å². The van der Waals surface area contributed by atoms with Gasteiger partial charge >= 0.3 is 5.69 Å². The van der Waals surface area contributed by atoms with Crippen LogP contribution in [0.15, 0.2) is 71.7 Å². The van der Waals surface area contributed by atoms with E-state index in [0.29, 0.717) is 12.8 Å². The Kier molecular flexibility index (Phi) is 6.06. The molecule has 1 unspecified atom stereocenters. The molecule has 3 rings (SSSR count). The number of nitrogens with zero attached hydrogens (tertiary/aromatic N) is 2. The second kappa shape index (κ2) is 8.86. The van der Waals surface area contributed by atoms with Crippen LogP contribution in [0.5, 0.6) is 5.88 Å². The van der Waals surface area contributed by atoms with Gasteiger partial charge in [0.25, 0.3) is 0 Å². The highest BCUT2D eigenvalue weighted by Gasteiger charge is 2.21. The van der Waals surface area contributed by atoms with Crippen LogP contribution >= 0.6 is 0 Å². The molecule has 27 heavy (non-hydrogen) atoms. The number of rotatable bonds is 9. The zero-order chi connectivity index (χ0) is 19.1. The molecule has 1 atom stereocenters. The Bertz CT molecular complexity index is 906. The molecule has 140 valence electrons. The summed E-state index contributed by atoms with van der Waals surface area (Å²) in [5.74, 6) is -0.221. The first kappa shape index (κ1) is 18.5. The van der Waals surface area contributed by atoms with Crippen LogP contribution in [0.1, 0.15) is 11.1 Å². The molecule has 0 saturated carbocycles. The predicted molar refractivity (Wildman–Crippen MR) is 99.8 cm³/mol. The fourth-order valence-electron chi connectivity index (χ4n) is 2.85. The standard InChI is InChI=1S/C20H21N3O4/c24-15-23(27-14-17-9-5-2-6-10-17)18(11-16-7-3-1-4-8-16)12-22-13-19(25)21-20(22)26/h1-10,13,15,18,25H,11-12,14H2,(H,21,26). The van der Waals surface area contributed by atoms with Crippen molar-refractivity contribution >= 4 is 6.41 Å². The summed E-state index contributed by atoms with van der Waals surface area (Å²) in [5, 5.41) is 10.7. The third kappa shape index (κ3) is 5.08. The van der Waals surface area contributed by atoms with E-state index in [1.54, 1.807) is 0 Å². The number of hydrogen-bond donors (Lipinski definition) is 2. The Morgan fingerprint density at radius 2 is 1.70 bits per heavy atom. The summed E-state index contributed by atoms with van der Waals surface area (Å²) in [6, 6.07) is 18.7. The fourth-order valence-corrected chi connectivity index (χ4v) is 2.85. The number of carbonyl (C=O) groups is 1. The lowest BCUT2D eigenvalue weighted by Gasteiger charge is -2.27. The van der Waals surface area contributed by atoms with Gasteiger partial charge in [0.05, 0.1) is 18.8 Å². The molecule has 0 spiro atoms. The van der Waals surface area contributed by atoms with Crippen molar-refractivity contribution in [3.05, 3.63) is 88.5 Å². The number of carbonyl (C=O) groups excluding carboxylic acids is 1. The van der Waals surface area contributed by atoms with Gasteiger partial charge in [-0.05, 0) is 17.5 Å². The van der Waals surface area contributed by atoms with Crippen molar-refractivity contribution < 1.29 is 14.7 Å². The molecule has 1 amide bonds. The number of imidazole rings is 1. The molecule has 0 radical (unpaired) electrons. The average Bonchev–Trinajstić information content (AvgIpc) is 3.00. The first-order valence-corrected chi connectivity index (χ1v) is 8.58. The van der Waals surface area contributed by atoms with Crippen LogP contribution in [0.3, 0.4) is 0 Å². The van der Waals surface area contributed by atoms with E-state index in [1.807, 2.05) is 60.7 Å². The molecule has 7 nitrogen and oxygen atoms in total. The normalized spacial score (nSPS) is 11.9. The van der Waals surface area contributed by atoms with Crippen molar-refractivity contribution in [3.63, 3.8) is 0 Å². The van der Waals surface area contributed by atoms with Gasteiger partial charge in [-0.1, -0.05) is 60.7 Å². The van der Waals surface area contributed by atoms with Gasteiger partial charge < -0.3 is 5.11 Å². The fraction of sp³-hybridized carbons (Fsp3) is 0.200. The number of hydrogen-bond acceptors (Lipinski definition) is 4. The van der Waals surface area contributed by atoms with Gasteiger partial charge in [0, 0.05) is 0 Å². The zero-order valence-electron chi connectivity index (χ0n) is 14.7. The summed E-state index contributed by atoms with van der Waals surface area (Å²) in [6.45, 7) is 0.413. The van der Waals surface area contributed by atoms with Gasteiger partial charge in [-0.3, -0.25) is 19.2 Å². The molecule has 0 fully saturated rings. The number of aromatic hydroxyl groups is 1. The first-order valence-electron chi connectivity index (χ1n) is 8.58. The number of aromatic amines is 1. The van der Waals surface area contributed by atoms with Gasteiger partial charge in [-0.25, -0.2) is 9.86 Å². The summed E-state index contributed by atoms with van der Waals surface area (Å²) in [5.41, 5.74) is 1.49. The maximum atomic E-state index is 11.9. The van der Waals surface area contributed by atoms with Crippen LogP contribution in [0.4, 0.5) is 0 Å². The molecule has 2 N–H and O–H groups in total. The van der Waals surface area contributed by atoms with Crippen LogP contribution in [0, 0.1) is 0 Å². The largest absolute Gasteiger partial charge is 0.493 e. The van der Waals surface area contributed by atoms with Crippen LogP contribution in [0.2, 0.25) is 0 Å². The average molecular weight is 367 g/mol. The van der Waals surface area contributed by atoms with Crippen LogP contribution in [-0.2, 0) is 29.2 Å². The summed E-state index contributed by atoms with van der Waals surface area (Å²) in [6.07, 6.45) is 2.42. The summed E-state index contributed by atoms with van der Waals surface area (Å²) in [7, 11) is 0. The van der Waals surface area contributed by atoms with E-state index in [0.717, 1.165) is 11.1 Å². The van der Waals surface area contributed by atoms with Gasteiger partial charge in [0.15, 0.2) is 0 Å². The topological polar surface area (TPSA) is 87.6 Å². The van der Waals surface area contributed by atoms with E-state index in [1.165, 1.54) is 15.8 Å². The van der Waals surface area contributed by atoms with E-state index in [4.69, 9.17) is 4.84 Å². The lowest BCUT2D eigenvalue weighted by Crippen LogP contribution is -2.40. The molecule has 2 aromatic carbocycles. The highest BCUT2D eigenvalue weighted by molar-refractivity contribution is 5.46. The minimum atomic E-state index is -0.445. The van der Waals surface area contributed by atoms with Gasteiger partial charge in [-0.15, -0.1) is 0 Å². The Morgan fingerprint density at radius 3 is 2.26 bits per heavy atom. The molecule has 0 saturated heterocycles. The third-order valence-corrected chi connectivity index (χ3v) is 4.18. The van der Waals surface area contributed by atoms with Crippen molar-refractivity contribution in [2.24, 2.45) is 0 Å². The van der Waals surface area contributed by atoms with Crippen LogP contribution < -0.4 is 5.69 Å². The quantitative estimate of drug-likeness (QED) is 0.448. The summed E-state index contributed by atoms with van der Waals surface area (Å²) < 4.78 is 1.32. The minimum Gasteiger partial charge on any atom is -0.493 e. The molecular weight excluding hydrogens is 346 g/mol. The second-order valence-electron chi connectivity index (χ2n) is 6.16.